The van der Waals surface area contributed by atoms with Gasteiger partial charge < -0.3 is 11.1 Å². The first-order valence-corrected chi connectivity index (χ1v) is 9.43. The van der Waals surface area contributed by atoms with Gasteiger partial charge in [0.15, 0.2) is 5.82 Å². The van der Waals surface area contributed by atoms with Crippen molar-refractivity contribution < 1.29 is 0 Å². The number of nitrogens with one attached hydrogen (secondary N) is 2. The average molecular weight is 372 g/mol. The van der Waals surface area contributed by atoms with Crippen molar-refractivity contribution in [1.29, 1.82) is 0 Å². The summed E-state index contributed by atoms with van der Waals surface area (Å²) < 4.78 is 1.20. The van der Waals surface area contributed by atoms with Crippen molar-refractivity contribution >= 4 is 43.8 Å². The first-order valence-electron chi connectivity index (χ1n) is 8.55. The second-order valence-electron chi connectivity index (χ2n) is 6.19. The molecule has 0 radical (unpaired) electrons. The number of aromatic amines is 1. The van der Waals surface area contributed by atoms with Crippen molar-refractivity contribution in [3.05, 3.63) is 65.8 Å². The molecule has 5 aromatic rings. The minimum atomic E-state index is 0.532. The van der Waals surface area contributed by atoms with Gasteiger partial charge in [0.2, 0.25) is 0 Å². The van der Waals surface area contributed by atoms with E-state index in [4.69, 9.17) is 10.7 Å². The standard InChI is InChI=1S/C20H16N6S/c21-10-12-4-6-13(7-5-12)24-20-16-8-9-27-18(16)14-2-1-3-15(17(14)25-20)19-22-11-23-26-19/h1-9,11H,10,21H2,(H,24,25)(H,22,23,26). The SMILES string of the molecule is NCc1ccc(Nc2nc3c(-c4ncn[nH]4)cccc3c3sccc23)cc1. The molecule has 3 heterocycles. The summed E-state index contributed by atoms with van der Waals surface area (Å²) in [5.41, 5.74) is 9.59. The largest absolute Gasteiger partial charge is 0.340 e. The molecule has 0 atom stereocenters. The third-order valence-corrected chi connectivity index (χ3v) is 5.49. The molecule has 6 nitrogen and oxygen atoms in total. The van der Waals surface area contributed by atoms with Crippen molar-refractivity contribution in [3.8, 4) is 11.4 Å². The molecule has 132 valence electrons. The summed E-state index contributed by atoms with van der Waals surface area (Å²) in [5.74, 6) is 1.54. The number of nitrogens with two attached hydrogens (primary N) is 1. The molecule has 0 unspecified atom stereocenters. The minimum absolute atomic E-state index is 0.532. The molecule has 0 aliphatic heterocycles. The van der Waals surface area contributed by atoms with Crippen molar-refractivity contribution in [2.75, 3.05) is 5.32 Å². The Morgan fingerprint density at radius 3 is 2.70 bits per heavy atom. The Labute approximate surface area is 159 Å². The van der Waals surface area contributed by atoms with Crippen LogP contribution in [0.4, 0.5) is 11.5 Å². The number of anilines is 2. The van der Waals surface area contributed by atoms with Crippen LogP contribution in [0, 0.1) is 0 Å². The summed E-state index contributed by atoms with van der Waals surface area (Å²) >= 11 is 1.71. The van der Waals surface area contributed by atoms with Crippen LogP contribution in [0.5, 0.6) is 0 Å². The summed E-state index contributed by atoms with van der Waals surface area (Å²) in [6.45, 7) is 0.532. The number of hydrogen-bond donors (Lipinski definition) is 3. The Hall–Kier alpha value is -3.29. The summed E-state index contributed by atoms with van der Waals surface area (Å²) in [6.07, 6.45) is 1.51. The molecular weight excluding hydrogens is 356 g/mol. The second kappa shape index (κ2) is 6.46. The fraction of sp³-hybridized carbons (Fsp3) is 0.0500. The zero-order chi connectivity index (χ0) is 18.2. The lowest BCUT2D eigenvalue weighted by Gasteiger charge is -2.11. The van der Waals surface area contributed by atoms with Crippen molar-refractivity contribution in [2.24, 2.45) is 5.73 Å². The lowest BCUT2D eigenvalue weighted by atomic mass is 10.1. The Morgan fingerprint density at radius 1 is 1.04 bits per heavy atom. The summed E-state index contributed by atoms with van der Waals surface area (Å²) in [6, 6.07) is 16.3. The van der Waals surface area contributed by atoms with E-state index >= 15 is 0 Å². The van der Waals surface area contributed by atoms with Gasteiger partial charge in [0.25, 0.3) is 0 Å². The Morgan fingerprint density at radius 2 is 1.93 bits per heavy atom. The van der Waals surface area contributed by atoms with Crippen LogP contribution < -0.4 is 11.1 Å². The number of hydrogen-bond acceptors (Lipinski definition) is 6. The number of thiophene rings is 1. The second-order valence-corrected chi connectivity index (χ2v) is 7.10. The van der Waals surface area contributed by atoms with E-state index in [0.717, 1.165) is 38.9 Å². The molecule has 27 heavy (non-hydrogen) atoms. The number of fused-ring (bicyclic) bond motifs is 3. The zero-order valence-corrected chi connectivity index (χ0v) is 15.1. The molecule has 5 rings (SSSR count). The number of para-hydroxylation sites is 1. The molecule has 4 N–H and O–H groups in total. The van der Waals surface area contributed by atoms with Gasteiger partial charge in [0.05, 0.1) is 5.52 Å². The van der Waals surface area contributed by atoms with Gasteiger partial charge in [-0.1, -0.05) is 24.3 Å². The number of aromatic nitrogens is 4. The van der Waals surface area contributed by atoms with Crippen LogP contribution in [0.3, 0.4) is 0 Å². The Balaban J connectivity index is 1.70. The lowest BCUT2D eigenvalue weighted by molar-refractivity contribution is 1.07. The van der Waals surface area contributed by atoms with E-state index in [9.17, 15) is 0 Å². The highest BCUT2D eigenvalue weighted by atomic mass is 32.1. The zero-order valence-electron chi connectivity index (χ0n) is 14.3. The smallest absolute Gasteiger partial charge is 0.157 e. The maximum Gasteiger partial charge on any atom is 0.157 e. The monoisotopic (exact) mass is 372 g/mol. The number of benzene rings is 2. The summed E-state index contributed by atoms with van der Waals surface area (Å²) in [4.78, 5) is 9.25. The highest BCUT2D eigenvalue weighted by Gasteiger charge is 2.14. The van der Waals surface area contributed by atoms with Gasteiger partial charge in [-0.05, 0) is 35.2 Å². The Bertz CT molecular complexity index is 1230. The third kappa shape index (κ3) is 2.73. The maximum absolute atomic E-state index is 5.69. The first-order chi connectivity index (χ1) is 13.3. The van der Waals surface area contributed by atoms with E-state index in [0.29, 0.717) is 12.4 Å². The van der Waals surface area contributed by atoms with Gasteiger partial charge in [-0.3, -0.25) is 5.10 Å². The predicted octanol–water partition coefficient (Wildman–Crippen LogP) is 4.44. The molecule has 0 saturated carbocycles. The number of nitrogens with zero attached hydrogens (tertiary/aromatic N) is 3. The van der Waals surface area contributed by atoms with Crippen LogP contribution in [-0.4, -0.2) is 20.2 Å². The van der Waals surface area contributed by atoms with Crippen LogP contribution in [0.1, 0.15) is 5.56 Å². The average Bonchev–Trinajstić information content (AvgIpc) is 3.40. The summed E-state index contributed by atoms with van der Waals surface area (Å²) in [5, 5.41) is 14.7. The highest BCUT2D eigenvalue weighted by molar-refractivity contribution is 7.18. The number of H-pyrrole nitrogens is 1. The summed E-state index contributed by atoms with van der Waals surface area (Å²) in [7, 11) is 0. The van der Waals surface area contributed by atoms with E-state index in [2.05, 4.69) is 38.0 Å². The van der Waals surface area contributed by atoms with Crippen molar-refractivity contribution in [3.63, 3.8) is 0 Å². The van der Waals surface area contributed by atoms with Crippen LogP contribution >= 0.6 is 11.3 Å². The Kier molecular flexibility index (Phi) is 3.81. The van der Waals surface area contributed by atoms with Gasteiger partial charge in [-0.2, -0.15) is 5.10 Å². The number of rotatable bonds is 4. The van der Waals surface area contributed by atoms with E-state index in [-0.39, 0.29) is 0 Å². The molecule has 0 fully saturated rings. The topological polar surface area (TPSA) is 92.5 Å². The molecule has 0 amide bonds. The van der Waals surface area contributed by atoms with Crippen LogP contribution in [0.25, 0.3) is 32.4 Å². The molecule has 3 aromatic heterocycles. The molecule has 0 aliphatic rings. The first kappa shape index (κ1) is 15.9. The molecule has 2 aromatic carbocycles. The maximum atomic E-state index is 5.69. The van der Waals surface area contributed by atoms with E-state index in [1.165, 1.54) is 11.0 Å². The van der Waals surface area contributed by atoms with Crippen molar-refractivity contribution in [2.45, 2.75) is 6.54 Å². The highest BCUT2D eigenvalue weighted by Crippen LogP contribution is 2.37. The van der Waals surface area contributed by atoms with E-state index in [1.807, 2.05) is 36.4 Å². The molecule has 0 saturated heterocycles. The quantitative estimate of drug-likeness (QED) is 0.434. The van der Waals surface area contributed by atoms with Crippen LogP contribution in [-0.2, 0) is 6.54 Å². The third-order valence-electron chi connectivity index (χ3n) is 4.55. The van der Waals surface area contributed by atoms with Gasteiger partial charge in [-0.25, -0.2) is 9.97 Å². The molecule has 0 aliphatic carbocycles. The number of pyridine rings is 1. The molecule has 7 heteroatoms. The normalized spacial score (nSPS) is 11.3. The molecule has 0 spiro atoms. The van der Waals surface area contributed by atoms with Gasteiger partial charge in [0.1, 0.15) is 12.1 Å². The van der Waals surface area contributed by atoms with Crippen LogP contribution in [0.2, 0.25) is 0 Å². The fourth-order valence-electron chi connectivity index (χ4n) is 3.21. The molecule has 0 bridgehead atoms. The lowest BCUT2D eigenvalue weighted by Crippen LogP contribution is -1.98. The molecular formula is C20H16N6S. The van der Waals surface area contributed by atoms with E-state index in [1.54, 1.807) is 11.3 Å². The van der Waals surface area contributed by atoms with Gasteiger partial charge in [0, 0.05) is 33.3 Å². The fourth-order valence-corrected chi connectivity index (χ4v) is 4.13. The van der Waals surface area contributed by atoms with E-state index < -0.39 is 0 Å². The van der Waals surface area contributed by atoms with Crippen LogP contribution in [0.15, 0.2) is 60.2 Å². The predicted molar refractivity (Wildman–Crippen MR) is 110 cm³/mol. The van der Waals surface area contributed by atoms with Gasteiger partial charge >= 0.3 is 0 Å². The van der Waals surface area contributed by atoms with Gasteiger partial charge in [-0.15, -0.1) is 11.3 Å². The minimum Gasteiger partial charge on any atom is -0.340 e. The van der Waals surface area contributed by atoms with Crippen molar-refractivity contribution in [1.82, 2.24) is 20.2 Å².